The second kappa shape index (κ2) is 6.51. The number of thiophene rings is 1. The van der Waals surface area contributed by atoms with Gasteiger partial charge in [-0.2, -0.15) is 11.3 Å². The van der Waals surface area contributed by atoms with Gasteiger partial charge in [0, 0.05) is 12.4 Å². The van der Waals surface area contributed by atoms with Crippen LogP contribution in [-0.4, -0.2) is 37.1 Å². The number of hydrogen-bond donors (Lipinski definition) is 1. The van der Waals surface area contributed by atoms with Crippen LogP contribution in [0, 0.1) is 5.92 Å². The highest BCUT2D eigenvalue weighted by atomic mass is 32.1. The van der Waals surface area contributed by atoms with Crippen molar-refractivity contribution in [3.8, 4) is 0 Å². The molecule has 0 fully saturated rings. The molecule has 2 amide bonds. The molecule has 6 heteroatoms. The predicted octanol–water partition coefficient (Wildman–Crippen LogP) is 1.52. The summed E-state index contributed by atoms with van der Waals surface area (Å²) in [6, 6.07) is 1.13. The standard InChI is InChI=1S/C12H18N2O3S/c1-8(2)10(12(16)14(3)17-4)13-11(15)9-5-6-18-7-9/h5-8,10H,1-4H3,(H,13,15)/t10-/m0/s1. The maximum atomic E-state index is 12.0. The largest absolute Gasteiger partial charge is 0.340 e. The highest BCUT2D eigenvalue weighted by molar-refractivity contribution is 7.08. The van der Waals surface area contributed by atoms with Crippen molar-refractivity contribution < 1.29 is 14.4 Å². The quantitative estimate of drug-likeness (QED) is 0.825. The second-order valence-corrected chi connectivity index (χ2v) is 5.01. The normalized spacial score (nSPS) is 12.3. The molecule has 0 aliphatic rings. The third kappa shape index (κ3) is 3.54. The van der Waals surface area contributed by atoms with E-state index in [1.165, 1.54) is 25.5 Å². The molecule has 1 rings (SSSR count). The molecule has 1 heterocycles. The lowest BCUT2D eigenvalue weighted by Crippen LogP contribution is -2.49. The van der Waals surface area contributed by atoms with E-state index in [0.717, 1.165) is 5.06 Å². The Morgan fingerprint density at radius 3 is 2.56 bits per heavy atom. The Bertz CT molecular complexity index is 403. The van der Waals surface area contributed by atoms with Crippen LogP contribution in [0.3, 0.4) is 0 Å². The molecular weight excluding hydrogens is 252 g/mol. The molecule has 0 aliphatic carbocycles. The molecule has 0 radical (unpaired) electrons. The van der Waals surface area contributed by atoms with Gasteiger partial charge in [0.25, 0.3) is 11.8 Å². The maximum Gasteiger partial charge on any atom is 0.268 e. The Labute approximate surface area is 111 Å². The van der Waals surface area contributed by atoms with E-state index in [4.69, 9.17) is 4.84 Å². The van der Waals surface area contributed by atoms with Crippen LogP contribution < -0.4 is 5.32 Å². The van der Waals surface area contributed by atoms with Crippen molar-refractivity contribution in [2.45, 2.75) is 19.9 Å². The summed E-state index contributed by atoms with van der Waals surface area (Å²) in [5, 5.41) is 7.42. The van der Waals surface area contributed by atoms with Crippen molar-refractivity contribution in [3.05, 3.63) is 22.4 Å². The van der Waals surface area contributed by atoms with Crippen molar-refractivity contribution in [3.63, 3.8) is 0 Å². The van der Waals surface area contributed by atoms with E-state index in [0.29, 0.717) is 5.56 Å². The minimum Gasteiger partial charge on any atom is -0.340 e. The SMILES string of the molecule is CON(C)C(=O)[C@@H](NC(=O)c1ccsc1)C(C)C. The number of hydroxylamine groups is 2. The van der Waals surface area contributed by atoms with Crippen LogP contribution in [0.25, 0.3) is 0 Å². The highest BCUT2D eigenvalue weighted by Gasteiger charge is 2.27. The zero-order chi connectivity index (χ0) is 13.7. The van der Waals surface area contributed by atoms with E-state index >= 15 is 0 Å². The van der Waals surface area contributed by atoms with Crippen molar-refractivity contribution >= 4 is 23.2 Å². The number of carbonyl (C=O) groups is 2. The summed E-state index contributed by atoms with van der Waals surface area (Å²) >= 11 is 1.44. The first-order valence-corrected chi connectivity index (χ1v) is 6.56. The number of nitrogens with one attached hydrogen (secondary N) is 1. The van der Waals surface area contributed by atoms with Gasteiger partial charge in [-0.15, -0.1) is 0 Å². The van der Waals surface area contributed by atoms with Gasteiger partial charge in [0.2, 0.25) is 0 Å². The Kier molecular flexibility index (Phi) is 5.30. The van der Waals surface area contributed by atoms with Crippen molar-refractivity contribution in [2.75, 3.05) is 14.2 Å². The van der Waals surface area contributed by atoms with Crippen molar-refractivity contribution in [2.24, 2.45) is 5.92 Å². The zero-order valence-corrected chi connectivity index (χ0v) is 11.8. The van der Waals surface area contributed by atoms with E-state index in [9.17, 15) is 9.59 Å². The third-order valence-electron chi connectivity index (χ3n) is 2.59. The molecule has 100 valence electrons. The predicted molar refractivity (Wildman–Crippen MR) is 70.2 cm³/mol. The summed E-state index contributed by atoms with van der Waals surface area (Å²) in [4.78, 5) is 28.8. The molecule has 0 spiro atoms. The molecule has 5 nitrogen and oxygen atoms in total. The topological polar surface area (TPSA) is 58.6 Å². The van der Waals surface area contributed by atoms with Crippen LogP contribution in [-0.2, 0) is 9.63 Å². The fraction of sp³-hybridized carbons (Fsp3) is 0.500. The summed E-state index contributed by atoms with van der Waals surface area (Å²) in [6.07, 6.45) is 0. The highest BCUT2D eigenvalue weighted by Crippen LogP contribution is 2.10. The van der Waals surface area contributed by atoms with Crippen LogP contribution in [0.5, 0.6) is 0 Å². The molecule has 0 aromatic carbocycles. The van der Waals surface area contributed by atoms with Gasteiger partial charge in [0.1, 0.15) is 6.04 Å². The summed E-state index contributed by atoms with van der Waals surface area (Å²) in [5.41, 5.74) is 0.568. The van der Waals surface area contributed by atoms with Gasteiger partial charge in [0.15, 0.2) is 0 Å². The molecule has 1 N–H and O–H groups in total. The molecular formula is C12H18N2O3S. The van der Waals surface area contributed by atoms with Gasteiger partial charge in [-0.3, -0.25) is 14.4 Å². The van der Waals surface area contributed by atoms with Gasteiger partial charge < -0.3 is 5.32 Å². The second-order valence-electron chi connectivity index (χ2n) is 4.23. The number of amides is 2. The molecule has 0 saturated heterocycles. The number of rotatable bonds is 5. The number of likely N-dealkylation sites (N-methyl/N-ethyl adjacent to an activating group) is 1. The molecule has 1 aromatic heterocycles. The molecule has 0 aliphatic heterocycles. The minimum atomic E-state index is -0.595. The Morgan fingerprint density at radius 2 is 2.11 bits per heavy atom. The molecule has 0 saturated carbocycles. The van der Waals surface area contributed by atoms with Gasteiger partial charge in [-0.1, -0.05) is 13.8 Å². The number of carbonyl (C=O) groups excluding carboxylic acids is 2. The van der Waals surface area contributed by atoms with Gasteiger partial charge in [0.05, 0.1) is 12.7 Å². The fourth-order valence-corrected chi connectivity index (χ4v) is 2.05. The van der Waals surface area contributed by atoms with E-state index in [2.05, 4.69) is 5.32 Å². The van der Waals surface area contributed by atoms with E-state index in [1.54, 1.807) is 11.4 Å². The van der Waals surface area contributed by atoms with Gasteiger partial charge >= 0.3 is 0 Å². The third-order valence-corrected chi connectivity index (χ3v) is 3.27. The van der Waals surface area contributed by atoms with Crippen LogP contribution in [0.1, 0.15) is 24.2 Å². The van der Waals surface area contributed by atoms with Crippen LogP contribution in [0.15, 0.2) is 16.8 Å². The lowest BCUT2D eigenvalue weighted by atomic mass is 10.0. The average Bonchev–Trinajstić information content (AvgIpc) is 2.87. The summed E-state index contributed by atoms with van der Waals surface area (Å²) in [5.74, 6) is -0.526. The fourth-order valence-electron chi connectivity index (χ4n) is 1.42. The summed E-state index contributed by atoms with van der Waals surface area (Å²) in [7, 11) is 2.93. The minimum absolute atomic E-state index is 0.0160. The van der Waals surface area contributed by atoms with Crippen LogP contribution in [0.4, 0.5) is 0 Å². The summed E-state index contributed by atoms with van der Waals surface area (Å²) in [6.45, 7) is 3.75. The average molecular weight is 270 g/mol. The van der Waals surface area contributed by atoms with Gasteiger partial charge in [-0.25, -0.2) is 5.06 Å². The lowest BCUT2D eigenvalue weighted by molar-refractivity contribution is -0.171. The van der Waals surface area contributed by atoms with Crippen molar-refractivity contribution in [1.29, 1.82) is 0 Å². The first-order valence-electron chi connectivity index (χ1n) is 5.62. The monoisotopic (exact) mass is 270 g/mol. The molecule has 1 aromatic rings. The smallest absolute Gasteiger partial charge is 0.268 e. The van der Waals surface area contributed by atoms with Gasteiger partial charge in [-0.05, 0) is 17.4 Å². The maximum absolute atomic E-state index is 12.0. The van der Waals surface area contributed by atoms with Crippen LogP contribution >= 0.6 is 11.3 Å². The molecule has 0 bridgehead atoms. The number of hydrogen-bond acceptors (Lipinski definition) is 4. The summed E-state index contributed by atoms with van der Waals surface area (Å²) < 4.78 is 0. The Hall–Kier alpha value is -1.40. The van der Waals surface area contributed by atoms with Crippen molar-refractivity contribution in [1.82, 2.24) is 10.4 Å². The van der Waals surface area contributed by atoms with Crippen LogP contribution in [0.2, 0.25) is 0 Å². The Balaban J connectivity index is 2.75. The van der Waals surface area contributed by atoms with E-state index in [-0.39, 0.29) is 17.7 Å². The molecule has 0 unspecified atom stereocenters. The number of nitrogens with zero attached hydrogens (tertiary/aromatic N) is 1. The lowest BCUT2D eigenvalue weighted by Gasteiger charge is -2.25. The first kappa shape index (κ1) is 14.7. The van der Waals surface area contributed by atoms with E-state index < -0.39 is 6.04 Å². The zero-order valence-electron chi connectivity index (χ0n) is 11.0. The van der Waals surface area contributed by atoms with E-state index in [1.807, 2.05) is 19.2 Å². The molecule has 1 atom stereocenters. The Morgan fingerprint density at radius 1 is 1.44 bits per heavy atom. The molecule has 18 heavy (non-hydrogen) atoms. The first-order chi connectivity index (χ1) is 8.47.